The monoisotopic (exact) mass is 281 g/mol. The van der Waals surface area contributed by atoms with Crippen molar-refractivity contribution in [3.8, 4) is 0 Å². The van der Waals surface area contributed by atoms with Gasteiger partial charge in [-0.15, -0.1) is 11.6 Å². The minimum Gasteiger partial charge on any atom is -0.311 e. The molecule has 0 saturated carbocycles. The first-order valence-corrected chi connectivity index (χ1v) is 8.01. The van der Waals surface area contributed by atoms with Crippen molar-refractivity contribution in [2.24, 2.45) is 5.92 Å². The molecule has 1 fully saturated rings. The SMILES string of the molecule is ClCc1nc2cccnc2n1CC1CCSCC1. The van der Waals surface area contributed by atoms with Crippen LogP contribution in [0, 0.1) is 5.92 Å². The summed E-state index contributed by atoms with van der Waals surface area (Å²) in [6, 6.07) is 3.93. The summed E-state index contributed by atoms with van der Waals surface area (Å²) in [5, 5.41) is 0. The third-order valence-corrected chi connectivity index (χ3v) is 4.77. The highest BCUT2D eigenvalue weighted by molar-refractivity contribution is 7.99. The summed E-state index contributed by atoms with van der Waals surface area (Å²) < 4.78 is 2.21. The van der Waals surface area contributed by atoms with Gasteiger partial charge in [0.05, 0.1) is 5.88 Å². The summed E-state index contributed by atoms with van der Waals surface area (Å²) in [4.78, 5) is 9.01. The Bertz CT molecular complexity index is 534. The molecule has 2 aromatic heterocycles. The average Bonchev–Trinajstić information content (AvgIpc) is 2.78. The zero-order valence-electron chi connectivity index (χ0n) is 10.2. The minimum atomic E-state index is 0.456. The van der Waals surface area contributed by atoms with E-state index in [0.29, 0.717) is 5.88 Å². The lowest BCUT2D eigenvalue weighted by Gasteiger charge is -2.22. The maximum atomic E-state index is 6.01. The van der Waals surface area contributed by atoms with Crippen LogP contribution in [0.1, 0.15) is 18.7 Å². The zero-order chi connectivity index (χ0) is 12.4. The first kappa shape index (κ1) is 12.3. The summed E-state index contributed by atoms with van der Waals surface area (Å²) in [5.74, 6) is 4.70. The molecule has 0 bridgehead atoms. The van der Waals surface area contributed by atoms with Crippen molar-refractivity contribution in [3.05, 3.63) is 24.2 Å². The van der Waals surface area contributed by atoms with Gasteiger partial charge in [0, 0.05) is 12.7 Å². The average molecular weight is 282 g/mol. The van der Waals surface area contributed by atoms with Crippen LogP contribution >= 0.6 is 23.4 Å². The van der Waals surface area contributed by atoms with E-state index in [-0.39, 0.29) is 0 Å². The van der Waals surface area contributed by atoms with Gasteiger partial charge in [-0.25, -0.2) is 9.97 Å². The standard InChI is InChI=1S/C13H16ClN3S/c14-8-12-16-11-2-1-5-15-13(11)17(12)9-10-3-6-18-7-4-10/h1-2,5,10H,3-4,6-9H2. The number of pyridine rings is 1. The van der Waals surface area contributed by atoms with Crippen LogP contribution in [0.25, 0.3) is 11.2 Å². The maximum absolute atomic E-state index is 6.01. The molecule has 3 rings (SSSR count). The van der Waals surface area contributed by atoms with Gasteiger partial charge < -0.3 is 4.57 Å². The smallest absolute Gasteiger partial charge is 0.160 e. The van der Waals surface area contributed by atoms with Gasteiger partial charge >= 0.3 is 0 Å². The fourth-order valence-electron chi connectivity index (χ4n) is 2.49. The molecule has 5 heteroatoms. The molecule has 3 nitrogen and oxygen atoms in total. The van der Waals surface area contributed by atoms with Gasteiger partial charge in [0.2, 0.25) is 0 Å². The Hall–Kier alpha value is -0.740. The molecule has 18 heavy (non-hydrogen) atoms. The predicted molar refractivity (Wildman–Crippen MR) is 77.1 cm³/mol. The second-order valence-corrected chi connectivity index (χ2v) is 6.17. The van der Waals surface area contributed by atoms with Crippen molar-refractivity contribution in [2.75, 3.05) is 11.5 Å². The molecule has 2 aromatic rings. The Balaban J connectivity index is 1.93. The van der Waals surface area contributed by atoms with E-state index in [9.17, 15) is 0 Å². The normalized spacial score (nSPS) is 17.4. The molecule has 0 N–H and O–H groups in total. The third-order valence-electron chi connectivity index (χ3n) is 3.48. The first-order chi connectivity index (χ1) is 8.88. The van der Waals surface area contributed by atoms with Crippen molar-refractivity contribution in [1.82, 2.24) is 14.5 Å². The van der Waals surface area contributed by atoms with E-state index in [4.69, 9.17) is 11.6 Å². The second-order valence-electron chi connectivity index (χ2n) is 4.67. The summed E-state index contributed by atoms with van der Waals surface area (Å²) >= 11 is 8.06. The van der Waals surface area contributed by atoms with Crippen LogP contribution in [-0.2, 0) is 12.4 Å². The fraction of sp³-hybridized carbons (Fsp3) is 0.538. The highest BCUT2D eigenvalue weighted by Gasteiger charge is 2.18. The maximum Gasteiger partial charge on any atom is 0.160 e. The number of fused-ring (bicyclic) bond motifs is 1. The van der Waals surface area contributed by atoms with Crippen LogP contribution in [-0.4, -0.2) is 26.0 Å². The molecular weight excluding hydrogens is 266 g/mol. The Morgan fingerprint density at radius 2 is 2.22 bits per heavy atom. The van der Waals surface area contributed by atoms with Crippen molar-refractivity contribution in [3.63, 3.8) is 0 Å². The van der Waals surface area contributed by atoms with Crippen LogP contribution in [0.15, 0.2) is 18.3 Å². The van der Waals surface area contributed by atoms with Gasteiger partial charge in [-0.05, 0) is 42.4 Å². The number of alkyl halides is 1. The number of hydrogen-bond donors (Lipinski definition) is 0. The lowest BCUT2D eigenvalue weighted by Crippen LogP contribution is -2.17. The van der Waals surface area contributed by atoms with Gasteiger partial charge in [0.15, 0.2) is 5.65 Å². The van der Waals surface area contributed by atoms with Gasteiger partial charge in [0.1, 0.15) is 11.3 Å². The molecule has 1 saturated heterocycles. The van der Waals surface area contributed by atoms with Crippen molar-refractivity contribution in [2.45, 2.75) is 25.3 Å². The van der Waals surface area contributed by atoms with Crippen LogP contribution in [0.3, 0.4) is 0 Å². The van der Waals surface area contributed by atoms with E-state index in [1.165, 1.54) is 24.3 Å². The predicted octanol–water partition coefficient (Wildman–Crippen LogP) is 3.31. The fourth-order valence-corrected chi connectivity index (χ4v) is 3.89. The summed E-state index contributed by atoms with van der Waals surface area (Å²) in [5.41, 5.74) is 1.93. The molecule has 0 aliphatic carbocycles. The Morgan fingerprint density at radius 1 is 1.39 bits per heavy atom. The lowest BCUT2D eigenvalue weighted by atomic mass is 10.0. The summed E-state index contributed by atoms with van der Waals surface area (Å²) in [6.45, 7) is 1.01. The molecule has 1 aliphatic heterocycles. The van der Waals surface area contributed by atoms with E-state index < -0.39 is 0 Å². The Morgan fingerprint density at radius 3 is 3.00 bits per heavy atom. The number of hydrogen-bond acceptors (Lipinski definition) is 3. The molecule has 0 amide bonds. The molecule has 0 unspecified atom stereocenters. The second kappa shape index (κ2) is 5.49. The van der Waals surface area contributed by atoms with E-state index in [1.54, 1.807) is 0 Å². The number of nitrogens with zero attached hydrogens (tertiary/aromatic N) is 3. The van der Waals surface area contributed by atoms with Crippen LogP contribution in [0.5, 0.6) is 0 Å². The van der Waals surface area contributed by atoms with E-state index in [1.807, 2.05) is 18.3 Å². The number of halogens is 1. The van der Waals surface area contributed by atoms with Crippen molar-refractivity contribution < 1.29 is 0 Å². The highest BCUT2D eigenvalue weighted by atomic mass is 35.5. The van der Waals surface area contributed by atoms with Gasteiger partial charge in [-0.1, -0.05) is 0 Å². The number of rotatable bonds is 3. The molecule has 1 aliphatic rings. The Kier molecular flexibility index (Phi) is 3.75. The van der Waals surface area contributed by atoms with Gasteiger partial charge in [-0.3, -0.25) is 0 Å². The van der Waals surface area contributed by atoms with Crippen LogP contribution < -0.4 is 0 Å². The zero-order valence-corrected chi connectivity index (χ0v) is 11.8. The minimum absolute atomic E-state index is 0.456. The molecular formula is C13H16ClN3S. The van der Waals surface area contributed by atoms with Gasteiger partial charge in [0.25, 0.3) is 0 Å². The van der Waals surface area contributed by atoms with Crippen molar-refractivity contribution in [1.29, 1.82) is 0 Å². The number of thioether (sulfide) groups is 1. The number of imidazole rings is 1. The molecule has 0 spiro atoms. The lowest BCUT2D eigenvalue weighted by molar-refractivity contribution is 0.416. The molecule has 0 aromatic carbocycles. The van der Waals surface area contributed by atoms with E-state index >= 15 is 0 Å². The Labute approximate surface area is 116 Å². The molecule has 3 heterocycles. The highest BCUT2D eigenvalue weighted by Crippen LogP contribution is 2.26. The van der Waals surface area contributed by atoms with E-state index in [0.717, 1.165) is 29.5 Å². The van der Waals surface area contributed by atoms with Crippen LogP contribution in [0.4, 0.5) is 0 Å². The molecule has 0 radical (unpaired) electrons. The quantitative estimate of drug-likeness (QED) is 0.809. The first-order valence-electron chi connectivity index (χ1n) is 6.32. The molecule has 0 atom stereocenters. The van der Waals surface area contributed by atoms with Crippen molar-refractivity contribution >= 4 is 34.5 Å². The summed E-state index contributed by atoms with van der Waals surface area (Å²) in [6.07, 6.45) is 4.41. The third kappa shape index (κ3) is 2.36. The van der Waals surface area contributed by atoms with Crippen LogP contribution in [0.2, 0.25) is 0 Å². The van der Waals surface area contributed by atoms with E-state index in [2.05, 4.69) is 26.3 Å². The molecule has 96 valence electrons. The number of aromatic nitrogens is 3. The van der Waals surface area contributed by atoms with Gasteiger partial charge in [-0.2, -0.15) is 11.8 Å². The summed E-state index contributed by atoms with van der Waals surface area (Å²) in [7, 11) is 0. The topological polar surface area (TPSA) is 30.7 Å². The largest absolute Gasteiger partial charge is 0.311 e.